The molecule has 1 saturated carbocycles. The SMILES string of the molecule is CCCNC1CCN(CC2CCCC(C)C2)CC1C. The second kappa shape index (κ2) is 7.64. The van der Waals surface area contributed by atoms with Crippen molar-refractivity contribution in [2.24, 2.45) is 17.8 Å². The summed E-state index contributed by atoms with van der Waals surface area (Å²) in [7, 11) is 0. The van der Waals surface area contributed by atoms with Crippen molar-refractivity contribution < 1.29 is 0 Å². The predicted molar refractivity (Wildman–Crippen MR) is 83.4 cm³/mol. The monoisotopic (exact) mass is 266 g/mol. The Morgan fingerprint density at radius 2 is 2.00 bits per heavy atom. The number of hydrogen-bond donors (Lipinski definition) is 1. The summed E-state index contributed by atoms with van der Waals surface area (Å²) in [5, 5.41) is 3.73. The van der Waals surface area contributed by atoms with Gasteiger partial charge in [0, 0.05) is 19.1 Å². The summed E-state index contributed by atoms with van der Waals surface area (Å²) in [5.74, 6) is 2.78. The Bertz CT molecular complexity index is 254. The van der Waals surface area contributed by atoms with E-state index in [2.05, 4.69) is 31.0 Å². The Morgan fingerprint density at radius 3 is 2.68 bits per heavy atom. The van der Waals surface area contributed by atoms with Crippen molar-refractivity contribution in [2.45, 2.75) is 65.3 Å². The third kappa shape index (κ3) is 4.75. The van der Waals surface area contributed by atoms with Gasteiger partial charge in [-0.1, -0.05) is 33.6 Å². The zero-order valence-electron chi connectivity index (χ0n) is 13.3. The third-order valence-electron chi connectivity index (χ3n) is 5.21. The van der Waals surface area contributed by atoms with Crippen LogP contribution in [0.15, 0.2) is 0 Å². The molecule has 2 nitrogen and oxygen atoms in total. The minimum atomic E-state index is 0.765. The van der Waals surface area contributed by atoms with Crippen LogP contribution in [0, 0.1) is 17.8 Å². The molecule has 19 heavy (non-hydrogen) atoms. The number of piperidine rings is 1. The average Bonchev–Trinajstić information content (AvgIpc) is 2.38. The van der Waals surface area contributed by atoms with E-state index in [9.17, 15) is 0 Å². The van der Waals surface area contributed by atoms with Crippen LogP contribution in [0.5, 0.6) is 0 Å². The van der Waals surface area contributed by atoms with Gasteiger partial charge in [-0.2, -0.15) is 0 Å². The van der Waals surface area contributed by atoms with Gasteiger partial charge in [-0.25, -0.2) is 0 Å². The summed E-state index contributed by atoms with van der Waals surface area (Å²) in [6.07, 6.45) is 8.50. The van der Waals surface area contributed by atoms with Crippen LogP contribution in [0.2, 0.25) is 0 Å². The lowest BCUT2D eigenvalue weighted by Crippen LogP contribution is -2.49. The molecule has 1 aliphatic heterocycles. The fourth-order valence-corrected chi connectivity index (χ4v) is 4.12. The van der Waals surface area contributed by atoms with E-state index in [1.807, 2.05) is 0 Å². The van der Waals surface area contributed by atoms with Gasteiger partial charge in [0.2, 0.25) is 0 Å². The summed E-state index contributed by atoms with van der Waals surface area (Å²) >= 11 is 0. The summed E-state index contributed by atoms with van der Waals surface area (Å²) in [6, 6.07) is 0.765. The average molecular weight is 266 g/mol. The first-order valence-corrected chi connectivity index (χ1v) is 8.64. The lowest BCUT2D eigenvalue weighted by Gasteiger charge is -2.40. The lowest BCUT2D eigenvalue weighted by molar-refractivity contribution is 0.111. The van der Waals surface area contributed by atoms with Crippen LogP contribution in [0.25, 0.3) is 0 Å². The summed E-state index contributed by atoms with van der Waals surface area (Å²) in [5.41, 5.74) is 0. The minimum absolute atomic E-state index is 0.765. The molecule has 1 heterocycles. The highest BCUT2D eigenvalue weighted by atomic mass is 15.1. The first-order chi connectivity index (χ1) is 9.19. The van der Waals surface area contributed by atoms with Crippen LogP contribution in [0.1, 0.15) is 59.3 Å². The fourth-order valence-electron chi connectivity index (χ4n) is 4.12. The molecule has 0 radical (unpaired) electrons. The van der Waals surface area contributed by atoms with Gasteiger partial charge in [-0.3, -0.25) is 0 Å². The molecule has 2 heteroatoms. The van der Waals surface area contributed by atoms with Gasteiger partial charge < -0.3 is 10.2 Å². The first-order valence-electron chi connectivity index (χ1n) is 8.64. The molecule has 2 rings (SSSR count). The zero-order valence-corrected chi connectivity index (χ0v) is 13.3. The first kappa shape index (κ1) is 15.3. The fraction of sp³-hybridized carbons (Fsp3) is 1.00. The second-order valence-electron chi connectivity index (χ2n) is 7.22. The number of likely N-dealkylation sites (tertiary alicyclic amines) is 1. The zero-order chi connectivity index (χ0) is 13.7. The van der Waals surface area contributed by atoms with E-state index in [4.69, 9.17) is 0 Å². The summed E-state index contributed by atoms with van der Waals surface area (Å²) in [4.78, 5) is 2.75. The Balaban J connectivity index is 1.72. The normalized spacial score (nSPS) is 37.4. The molecule has 0 spiro atoms. The van der Waals surface area contributed by atoms with Gasteiger partial charge in [0.25, 0.3) is 0 Å². The predicted octanol–water partition coefficient (Wildman–Crippen LogP) is 3.52. The Morgan fingerprint density at radius 1 is 1.16 bits per heavy atom. The number of nitrogens with zero attached hydrogens (tertiary/aromatic N) is 1. The molecule has 0 aromatic carbocycles. The van der Waals surface area contributed by atoms with Crippen LogP contribution in [0.4, 0.5) is 0 Å². The highest BCUT2D eigenvalue weighted by molar-refractivity contribution is 4.84. The Hall–Kier alpha value is -0.0800. The molecule has 1 saturated heterocycles. The van der Waals surface area contributed by atoms with Crippen molar-refractivity contribution in [1.29, 1.82) is 0 Å². The molecular formula is C17H34N2. The van der Waals surface area contributed by atoms with Crippen molar-refractivity contribution in [1.82, 2.24) is 10.2 Å². The van der Waals surface area contributed by atoms with Crippen molar-refractivity contribution in [3.8, 4) is 0 Å². The topological polar surface area (TPSA) is 15.3 Å². The summed E-state index contributed by atoms with van der Waals surface area (Å²) in [6.45, 7) is 12.3. The van der Waals surface area contributed by atoms with Gasteiger partial charge in [-0.05, 0) is 56.5 Å². The lowest BCUT2D eigenvalue weighted by atomic mass is 9.81. The molecule has 1 N–H and O–H groups in total. The molecule has 2 aliphatic rings. The molecule has 0 amide bonds. The number of rotatable bonds is 5. The quantitative estimate of drug-likeness (QED) is 0.819. The maximum absolute atomic E-state index is 3.73. The highest BCUT2D eigenvalue weighted by Gasteiger charge is 2.28. The van der Waals surface area contributed by atoms with Gasteiger partial charge in [0.15, 0.2) is 0 Å². The van der Waals surface area contributed by atoms with Gasteiger partial charge >= 0.3 is 0 Å². The Labute approximate surface area is 120 Å². The van der Waals surface area contributed by atoms with Gasteiger partial charge in [0.1, 0.15) is 0 Å². The molecule has 1 aliphatic carbocycles. The number of hydrogen-bond acceptors (Lipinski definition) is 2. The molecule has 4 unspecified atom stereocenters. The van der Waals surface area contributed by atoms with E-state index in [1.165, 1.54) is 64.7 Å². The van der Waals surface area contributed by atoms with Gasteiger partial charge in [-0.15, -0.1) is 0 Å². The molecule has 0 bridgehead atoms. The third-order valence-corrected chi connectivity index (χ3v) is 5.21. The van der Waals surface area contributed by atoms with E-state index in [1.54, 1.807) is 0 Å². The van der Waals surface area contributed by atoms with E-state index < -0.39 is 0 Å². The van der Waals surface area contributed by atoms with Crippen LogP contribution in [0.3, 0.4) is 0 Å². The van der Waals surface area contributed by atoms with Crippen LogP contribution in [-0.4, -0.2) is 37.1 Å². The Kier molecular flexibility index (Phi) is 6.15. The molecular weight excluding hydrogens is 232 g/mol. The molecule has 112 valence electrons. The van der Waals surface area contributed by atoms with Gasteiger partial charge in [0.05, 0.1) is 0 Å². The smallest absolute Gasteiger partial charge is 0.0117 e. The minimum Gasteiger partial charge on any atom is -0.314 e. The van der Waals surface area contributed by atoms with Crippen molar-refractivity contribution in [3.63, 3.8) is 0 Å². The van der Waals surface area contributed by atoms with E-state index in [0.717, 1.165) is 23.8 Å². The number of nitrogens with one attached hydrogen (secondary N) is 1. The van der Waals surface area contributed by atoms with E-state index in [-0.39, 0.29) is 0 Å². The van der Waals surface area contributed by atoms with Crippen LogP contribution >= 0.6 is 0 Å². The molecule has 4 atom stereocenters. The summed E-state index contributed by atoms with van der Waals surface area (Å²) < 4.78 is 0. The maximum Gasteiger partial charge on any atom is 0.0117 e. The van der Waals surface area contributed by atoms with Crippen molar-refractivity contribution in [3.05, 3.63) is 0 Å². The van der Waals surface area contributed by atoms with Crippen molar-refractivity contribution >= 4 is 0 Å². The van der Waals surface area contributed by atoms with Crippen molar-refractivity contribution in [2.75, 3.05) is 26.2 Å². The molecule has 2 fully saturated rings. The highest BCUT2D eigenvalue weighted by Crippen LogP contribution is 2.30. The standard InChI is InChI=1S/C17H34N2/c1-4-9-18-17-8-10-19(12-15(17)3)13-16-7-5-6-14(2)11-16/h14-18H,4-13H2,1-3H3. The molecule has 0 aromatic rings. The molecule has 0 aromatic heterocycles. The largest absolute Gasteiger partial charge is 0.314 e. The van der Waals surface area contributed by atoms with Crippen LogP contribution in [-0.2, 0) is 0 Å². The van der Waals surface area contributed by atoms with E-state index >= 15 is 0 Å². The maximum atomic E-state index is 3.73. The second-order valence-corrected chi connectivity index (χ2v) is 7.22. The van der Waals surface area contributed by atoms with E-state index in [0.29, 0.717) is 0 Å². The van der Waals surface area contributed by atoms with Crippen LogP contribution < -0.4 is 5.32 Å².